The topological polar surface area (TPSA) is 3.24 Å². The second-order valence-corrected chi connectivity index (χ2v) is 3.18. The van der Waals surface area contributed by atoms with E-state index in [1.807, 2.05) is 0 Å². The molecule has 0 N–H and O–H groups in total. The van der Waals surface area contributed by atoms with Gasteiger partial charge in [0.05, 0.1) is 0 Å². The van der Waals surface area contributed by atoms with E-state index >= 15 is 0 Å². The molecule has 0 fully saturated rings. The molecule has 0 aliphatic heterocycles. The van der Waals surface area contributed by atoms with Crippen molar-refractivity contribution in [3.63, 3.8) is 0 Å². The van der Waals surface area contributed by atoms with Crippen molar-refractivity contribution in [2.45, 2.75) is 33.6 Å². The van der Waals surface area contributed by atoms with Crippen molar-refractivity contribution in [2.75, 3.05) is 19.6 Å². The highest BCUT2D eigenvalue weighted by Gasteiger charge is 1.99. The van der Waals surface area contributed by atoms with Crippen molar-refractivity contribution in [2.24, 2.45) is 0 Å². The molecule has 0 aromatic carbocycles. The summed E-state index contributed by atoms with van der Waals surface area (Å²) in [5, 5.41) is 0. The summed E-state index contributed by atoms with van der Waals surface area (Å²) in [6.07, 6.45) is 2.59. The molecule has 0 radical (unpaired) electrons. The number of hydrogen-bond acceptors (Lipinski definition) is 1. The Balaban J connectivity index is 3.49. The Morgan fingerprint density at radius 1 is 1.36 bits per heavy atom. The van der Waals surface area contributed by atoms with Gasteiger partial charge in [0.25, 0.3) is 0 Å². The molecule has 0 aliphatic rings. The van der Waals surface area contributed by atoms with Gasteiger partial charge in [0.2, 0.25) is 0 Å². The first kappa shape index (κ1) is 10.7. The summed E-state index contributed by atoms with van der Waals surface area (Å²) >= 11 is 0. The van der Waals surface area contributed by atoms with Crippen LogP contribution in [-0.4, -0.2) is 24.5 Å². The van der Waals surface area contributed by atoms with Crippen LogP contribution < -0.4 is 0 Å². The number of nitrogens with zero attached hydrogens (tertiary/aromatic N) is 1. The Labute approximate surface area is 71.1 Å². The molecule has 0 aromatic heterocycles. The molecule has 0 atom stereocenters. The molecule has 0 heterocycles. The number of unbranched alkanes of at least 4 members (excludes halogenated alkanes) is 1. The Morgan fingerprint density at radius 3 is 2.36 bits per heavy atom. The van der Waals surface area contributed by atoms with Crippen LogP contribution in [0.15, 0.2) is 12.2 Å². The lowest BCUT2D eigenvalue weighted by molar-refractivity contribution is 0.307. The monoisotopic (exact) mass is 155 g/mol. The molecule has 1 nitrogen and oxygen atoms in total. The molecule has 0 spiro atoms. The highest BCUT2D eigenvalue weighted by Crippen LogP contribution is 1.98. The zero-order valence-corrected chi connectivity index (χ0v) is 8.19. The number of hydrogen-bond donors (Lipinski definition) is 0. The zero-order chi connectivity index (χ0) is 8.69. The maximum atomic E-state index is 3.91. The van der Waals surface area contributed by atoms with Gasteiger partial charge in [0.1, 0.15) is 0 Å². The lowest BCUT2D eigenvalue weighted by atomic mass is 10.2. The molecule has 0 rings (SSSR count). The molecule has 66 valence electrons. The average molecular weight is 155 g/mol. The van der Waals surface area contributed by atoms with Crippen LogP contribution in [0.2, 0.25) is 0 Å². The second kappa shape index (κ2) is 6.41. The van der Waals surface area contributed by atoms with Gasteiger partial charge < -0.3 is 0 Å². The van der Waals surface area contributed by atoms with Crippen molar-refractivity contribution in [3.05, 3.63) is 12.2 Å². The van der Waals surface area contributed by atoms with Crippen molar-refractivity contribution in [1.82, 2.24) is 4.90 Å². The van der Waals surface area contributed by atoms with E-state index in [2.05, 4.69) is 32.3 Å². The SMILES string of the molecule is C=C(C)CN(CC)CCCC. The molecular formula is C10H21N. The summed E-state index contributed by atoms with van der Waals surface area (Å²) in [6, 6.07) is 0. The van der Waals surface area contributed by atoms with E-state index in [0.717, 1.165) is 13.1 Å². The molecule has 1 heteroatoms. The Hall–Kier alpha value is -0.300. The fourth-order valence-corrected chi connectivity index (χ4v) is 1.11. The number of rotatable bonds is 6. The molecule has 11 heavy (non-hydrogen) atoms. The Morgan fingerprint density at radius 2 is 2.00 bits per heavy atom. The predicted molar refractivity (Wildman–Crippen MR) is 51.8 cm³/mol. The van der Waals surface area contributed by atoms with Crippen LogP contribution in [0.3, 0.4) is 0 Å². The van der Waals surface area contributed by atoms with Crippen LogP contribution >= 0.6 is 0 Å². The van der Waals surface area contributed by atoms with Gasteiger partial charge in [-0.2, -0.15) is 0 Å². The molecule has 0 amide bonds. The minimum absolute atomic E-state index is 1.07. The normalized spacial score (nSPS) is 10.5. The van der Waals surface area contributed by atoms with Gasteiger partial charge in [-0.05, 0) is 26.4 Å². The summed E-state index contributed by atoms with van der Waals surface area (Å²) in [4.78, 5) is 2.44. The van der Waals surface area contributed by atoms with Gasteiger partial charge in [0, 0.05) is 6.54 Å². The fourth-order valence-electron chi connectivity index (χ4n) is 1.11. The molecule has 0 unspecified atom stereocenters. The van der Waals surface area contributed by atoms with Gasteiger partial charge in [-0.25, -0.2) is 0 Å². The molecular weight excluding hydrogens is 134 g/mol. The smallest absolute Gasteiger partial charge is 0.0187 e. The van der Waals surface area contributed by atoms with Crippen molar-refractivity contribution in [3.8, 4) is 0 Å². The third-order valence-electron chi connectivity index (χ3n) is 1.77. The molecule has 0 saturated heterocycles. The third kappa shape index (κ3) is 6.11. The first-order chi connectivity index (χ1) is 5.20. The van der Waals surface area contributed by atoms with Crippen LogP contribution in [0, 0.1) is 0 Å². The molecule has 0 aromatic rings. The quantitative estimate of drug-likeness (QED) is 0.533. The van der Waals surface area contributed by atoms with E-state index in [4.69, 9.17) is 0 Å². The van der Waals surface area contributed by atoms with Crippen LogP contribution in [-0.2, 0) is 0 Å². The van der Waals surface area contributed by atoms with E-state index in [9.17, 15) is 0 Å². The van der Waals surface area contributed by atoms with Gasteiger partial charge in [-0.3, -0.25) is 4.90 Å². The lowest BCUT2D eigenvalue weighted by Gasteiger charge is -2.19. The van der Waals surface area contributed by atoms with E-state index < -0.39 is 0 Å². The van der Waals surface area contributed by atoms with Gasteiger partial charge in [0.15, 0.2) is 0 Å². The maximum Gasteiger partial charge on any atom is 0.0187 e. The van der Waals surface area contributed by atoms with Crippen LogP contribution in [0.5, 0.6) is 0 Å². The first-order valence-corrected chi connectivity index (χ1v) is 4.57. The van der Waals surface area contributed by atoms with Crippen molar-refractivity contribution >= 4 is 0 Å². The predicted octanol–water partition coefficient (Wildman–Crippen LogP) is 2.68. The van der Waals surface area contributed by atoms with Crippen LogP contribution in [0.25, 0.3) is 0 Å². The van der Waals surface area contributed by atoms with Crippen LogP contribution in [0.1, 0.15) is 33.6 Å². The summed E-state index contributed by atoms with van der Waals surface area (Å²) < 4.78 is 0. The highest BCUT2D eigenvalue weighted by molar-refractivity contribution is 4.91. The third-order valence-corrected chi connectivity index (χ3v) is 1.77. The summed E-state index contributed by atoms with van der Waals surface area (Å²) in [7, 11) is 0. The number of likely N-dealkylation sites (N-methyl/N-ethyl adjacent to an activating group) is 1. The van der Waals surface area contributed by atoms with E-state index in [1.54, 1.807) is 0 Å². The summed E-state index contributed by atoms with van der Waals surface area (Å²) in [6.45, 7) is 13.9. The Bertz CT molecular complexity index is 107. The Kier molecular flexibility index (Phi) is 6.24. The van der Waals surface area contributed by atoms with E-state index in [0.29, 0.717) is 0 Å². The van der Waals surface area contributed by atoms with Crippen LogP contribution in [0.4, 0.5) is 0 Å². The van der Waals surface area contributed by atoms with E-state index in [-0.39, 0.29) is 0 Å². The molecule has 0 bridgehead atoms. The van der Waals surface area contributed by atoms with Crippen molar-refractivity contribution in [1.29, 1.82) is 0 Å². The summed E-state index contributed by atoms with van der Waals surface area (Å²) in [5.74, 6) is 0. The fraction of sp³-hybridized carbons (Fsp3) is 0.800. The first-order valence-electron chi connectivity index (χ1n) is 4.57. The lowest BCUT2D eigenvalue weighted by Crippen LogP contribution is -2.25. The van der Waals surface area contributed by atoms with Gasteiger partial charge in [-0.1, -0.05) is 32.4 Å². The summed E-state index contributed by atoms with van der Waals surface area (Å²) in [5.41, 5.74) is 1.27. The van der Waals surface area contributed by atoms with E-state index in [1.165, 1.54) is 25.0 Å². The minimum Gasteiger partial charge on any atom is -0.300 e. The maximum absolute atomic E-state index is 3.91. The van der Waals surface area contributed by atoms with Crippen molar-refractivity contribution < 1.29 is 0 Å². The standard InChI is InChI=1S/C10H21N/c1-5-7-8-11(6-2)9-10(3)4/h3,5-9H2,1-2,4H3. The molecule has 0 saturated carbocycles. The average Bonchev–Trinajstić information content (AvgIpc) is 1.97. The second-order valence-electron chi connectivity index (χ2n) is 3.18. The molecule has 0 aliphatic carbocycles. The van der Waals surface area contributed by atoms with Gasteiger partial charge in [-0.15, -0.1) is 0 Å². The van der Waals surface area contributed by atoms with Gasteiger partial charge >= 0.3 is 0 Å². The zero-order valence-electron chi connectivity index (χ0n) is 8.19. The minimum atomic E-state index is 1.07. The highest BCUT2D eigenvalue weighted by atomic mass is 15.1. The largest absolute Gasteiger partial charge is 0.300 e.